The molecule has 3 heterocycles. The molecule has 0 aliphatic heterocycles. The van der Waals surface area contributed by atoms with E-state index in [9.17, 15) is 0 Å². The summed E-state index contributed by atoms with van der Waals surface area (Å²) in [6.45, 7) is 3.00. The van der Waals surface area contributed by atoms with E-state index in [4.69, 9.17) is 13.6 Å². The lowest BCUT2D eigenvalue weighted by molar-refractivity contribution is 0.415. The third-order valence-electron chi connectivity index (χ3n) is 4.38. The molecule has 0 aliphatic rings. The van der Waals surface area contributed by atoms with E-state index in [1.54, 1.807) is 19.2 Å². The fourth-order valence-electron chi connectivity index (χ4n) is 2.83. The first-order chi connectivity index (χ1) is 14.7. The van der Waals surface area contributed by atoms with E-state index < -0.39 is 0 Å². The van der Waals surface area contributed by atoms with E-state index in [-0.39, 0.29) is 0 Å². The van der Waals surface area contributed by atoms with Crippen molar-refractivity contribution in [2.45, 2.75) is 37.2 Å². The van der Waals surface area contributed by atoms with E-state index in [1.165, 1.54) is 11.8 Å². The molecule has 0 saturated carbocycles. The van der Waals surface area contributed by atoms with E-state index in [0.717, 1.165) is 41.7 Å². The number of benzene rings is 1. The first kappa shape index (κ1) is 20.7. The molecule has 0 fully saturated rings. The van der Waals surface area contributed by atoms with Crippen LogP contribution in [0.3, 0.4) is 0 Å². The molecule has 4 rings (SSSR count). The van der Waals surface area contributed by atoms with Gasteiger partial charge in [0, 0.05) is 12.1 Å². The SMILES string of the molecule is CCCCn1c(SCc2nnc(-c3ccc(Br)o3)o2)nnc1-c1ccc(OC)cc1. The van der Waals surface area contributed by atoms with Crippen molar-refractivity contribution in [3.63, 3.8) is 0 Å². The quantitative estimate of drug-likeness (QED) is 0.286. The number of hydrogen-bond donors (Lipinski definition) is 0. The lowest BCUT2D eigenvalue weighted by Gasteiger charge is -2.09. The van der Waals surface area contributed by atoms with Crippen molar-refractivity contribution < 1.29 is 13.6 Å². The zero-order chi connectivity index (χ0) is 20.9. The number of ether oxygens (including phenoxy) is 1. The average Bonchev–Trinajstić information content (AvgIpc) is 3.50. The van der Waals surface area contributed by atoms with Gasteiger partial charge in [-0.1, -0.05) is 25.1 Å². The zero-order valence-corrected chi connectivity index (χ0v) is 18.9. The van der Waals surface area contributed by atoms with Gasteiger partial charge in [0.05, 0.1) is 12.9 Å². The molecule has 10 heteroatoms. The number of thioether (sulfide) groups is 1. The Hall–Kier alpha value is -2.59. The number of unbranched alkanes of at least 4 members (excludes halogenated alkanes) is 1. The van der Waals surface area contributed by atoms with Crippen molar-refractivity contribution in [1.29, 1.82) is 0 Å². The Morgan fingerprint density at radius 1 is 1.03 bits per heavy atom. The smallest absolute Gasteiger partial charge is 0.283 e. The monoisotopic (exact) mass is 489 g/mol. The number of nitrogens with zero attached hydrogens (tertiary/aromatic N) is 5. The van der Waals surface area contributed by atoms with Crippen molar-refractivity contribution >= 4 is 27.7 Å². The molecule has 0 N–H and O–H groups in total. The van der Waals surface area contributed by atoms with E-state index in [2.05, 4.69) is 47.8 Å². The highest BCUT2D eigenvalue weighted by Gasteiger charge is 2.17. The van der Waals surface area contributed by atoms with Crippen LogP contribution in [-0.4, -0.2) is 32.1 Å². The molecule has 3 aromatic heterocycles. The van der Waals surface area contributed by atoms with E-state index >= 15 is 0 Å². The standard InChI is InChI=1S/C20H20BrN5O3S/c1-3-4-11-26-18(13-5-7-14(27-2)8-6-13)23-25-20(26)30-12-17-22-24-19(29-17)15-9-10-16(21)28-15/h5-10H,3-4,11-12H2,1-2H3. The Kier molecular flexibility index (Phi) is 6.53. The molecule has 0 saturated heterocycles. The molecule has 30 heavy (non-hydrogen) atoms. The molecule has 0 radical (unpaired) electrons. The Morgan fingerprint density at radius 2 is 1.87 bits per heavy atom. The summed E-state index contributed by atoms with van der Waals surface area (Å²) in [6, 6.07) is 11.4. The van der Waals surface area contributed by atoms with Gasteiger partial charge in [-0.25, -0.2) is 0 Å². The normalized spacial score (nSPS) is 11.2. The summed E-state index contributed by atoms with van der Waals surface area (Å²) in [7, 11) is 1.65. The summed E-state index contributed by atoms with van der Waals surface area (Å²) in [5.41, 5.74) is 0.995. The summed E-state index contributed by atoms with van der Waals surface area (Å²) in [5, 5.41) is 17.8. The number of furan rings is 1. The van der Waals surface area contributed by atoms with Crippen LogP contribution in [0.5, 0.6) is 5.75 Å². The Balaban J connectivity index is 1.52. The van der Waals surface area contributed by atoms with Crippen molar-refractivity contribution in [2.24, 2.45) is 0 Å². The van der Waals surface area contributed by atoms with Crippen molar-refractivity contribution in [1.82, 2.24) is 25.0 Å². The molecular weight excluding hydrogens is 470 g/mol. The molecule has 8 nitrogen and oxygen atoms in total. The highest BCUT2D eigenvalue weighted by atomic mass is 79.9. The minimum atomic E-state index is 0.350. The summed E-state index contributed by atoms with van der Waals surface area (Å²) < 4.78 is 19.2. The Bertz CT molecular complexity index is 1110. The van der Waals surface area contributed by atoms with Crippen LogP contribution in [0.4, 0.5) is 0 Å². The lowest BCUT2D eigenvalue weighted by Crippen LogP contribution is -2.02. The van der Waals surface area contributed by atoms with Gasteiger partial charge in [0.25, 0.3) is 5.89 Å². The van der Waals surface area contributed by atoms with Crippen LogP contribution in [0.15, 0.2) is 55.1 Å². The summed E-state index contributed by atoms with van der Waals surface area (Å²) in [6.07, 6.45) is 2.11. The van der Waals surface area contributed by atoms with Crippen LogP contribution in [0.2, 0.25) is 0 Å². The average molecular weight is 490 g/mol. The second-order valence-electron chi connectivity index (χ2n) is 6.43. The van der Waals surface area contributed by atoms with Gasteiger partial charge in [-0.15, -0.1) is 20.4 Å². The van der Waals surface area contributed by atoms with Crippen LogP contribution >= 0.6 is 27.7 Å². The summed E-state index contributed by atoms with van der Waals surface area (Å²) >= 11 is 4.79. The van der Waals surface area contributed by atoms with E-state index in [1.807, 2.05) is 24.3 Å². The van der Waals surface area contributed by atoms with Crippen LogP contribution in [0.25, 0.3) is 23.0 Å². The molecule has 4 aromatic rings. The van der Waals surface area contributed by atoms with Gasteiger partial charge in [0.15, 0.2) is 21.4 Å². The number of rotatable bonds is 9. The molecule has 0 atom stereocenters. The number of aromatic nitrogens is 5. The maximum atomic E-state index is 5.71. The van der Waals surface area contributed by atoms with Gasteiger partial charge in [-0.2, -0.15) is 0 Å². The van der Waals surface area contributed by atoms with Gasteiger partial charge in [0.2, 0.25) is 5.89 Å². The number of methoxy groups -OCH3 is 1. The van der Waals surface area contributed by atoms with E-state index in [0.29, 0.717) is 28.0 Å². The van der Waals surface area contributed by atoms with Gasteiger partial charge in [-0.05, 0) is 58.7 Å². The maximum Gasteiger partial charge on any atom is 0.283 e. The second-order valence-corrected chi connectivity index (χ2v) is 8.16. The Morgan fingerprint density at radius 3 is 2.57 bits per heavy atom. The van der Waals surface area contributed by atoms with Crippen LogP contribution in [0.1, 0.15) is 25.7 Å². The van der Waals surface area contributed by atoms with Gasteiger partial charge in [-0.3, -0.25) is 0 Å². The number of halogens is 1. The van der Waals surface area contributed by atoms with Crippen molar-refractivity contribution in [2.75, 3.05) is 7.11 Å². The predicted octanol–water partition coefficient (Wildman–Crippen LogP) is 5.45. The molecular formula is C20H20BrN5O3S. The van der Waals surface area contributed by atoms with Crippen LogP contribution in [0, 0.1) is 0 Å². The van der Waals surface area contributed by atoms with Gasteiger partial charge < -0.3 is 18.1 Å². The minimum Gasteiger partial charge on any atom is -0.497 e. The lowest BCUT2D eigenvalue weighted by atomic mass is 10.2. The topological polar surface area (TPSA) is 92.0 Å². The second kappa shape index (κ2) is 9.48. The summed E-state index contributed by atoms with van der Waals surface area (Å²) in [5.74, 6) is 3.51. The predicted molar refractivity (Wildman–Crippen MR) is 116 cm³/mol. The third-order valence-corrected chi connectivity index (χ3v) is 5.75. The highest BCUT2D eigenvalue weighted by molar-refractivity contribution is 9.10. The Labute approximate surface area is 186 Å². The number of hydrogen-bond acceptors (Lipinski definition) is 8. The van der Waals surface area contributed by atoms with Crippen molar-refractivity contribution in [3.05, 3.63) is 47.0 Å². The summed E-state index contributed by atoms with van der Waals surface area (Å²) in [4.78, 5) is 0. The van der Waals surface area contributed by atoms with Crippen LogP contribution in [-0.2, 0) is 12.3 Å². The molecule has 156 valence electrons. The fourth-order valence-corrected chi connectivity index (χ4v) is 3.94. The zero-order valence-electron chi connectivity index (χ0n) is 16.5. The first-order valence-electron chi connectivity index (χ1n) is 9.46. The molecule has 0 unspecified atom stereocenters. The van der Waals surface area contributed by atoms with Crippen LogP contribution < -0.4 is 4.74 Å². The maximum absolute atomic E-state index is 5.71. The van der Waals surface area contributed by atoms with Crippen molar-refractivity contribution in [3.8, 4) is 28.8 Å². The molecule has 0 spiro atoms. The largest absolute Gasteiger partial charge is 0.497 e. The molecule has 0 aliphatic carbocycles. The van der Waals surface area contributed by atoms with Gasteiger partial charge >= 0.3 is 0 Å². The highest BCUT2D eigenvalue weighted by Crippen LogP contribution is 2.29. The molecule has 0 amide bonds. The minimum absolute atomic E-state index is 0.350. The molecule has 1 aromatic carbocycles. The fraction of sp³-hybridized carbons (Fsp3) is 0.300. The third kappa shape index (κ3) is 4.59. The molecule has 0 bridgehead atoms. The first-order valence-corrected chi connectivity index (χ1v) is 11.2. The van der Waals surface area contributed by atoms with Gasteiger partial charge in [0.1, 0.15) is 5.75 Å².